The molecule has 1 amide bonds. The van der Waals surface area contributed by atoms with Gasteiger partial charge in [0.1, 0.15) is 5.60 Å². The number of rotatable bonds is 9. The highest BCUT2D eigenvalue weighted by Gasteiger charge is 2.35. The largest absolute Gasteiger partial charge is 0.465 e. The smallest absolute Gasteiger partial charge is 0.410 e. The molecule has 1 aromatic rings. The van der Waals surface area contributed by atoms with E-state index in [1.165, 1.54) is 12.6 Å². The van der Waals surface area contributed by atoms with Gasteiger partial charge in [0.05, 0.1) is 30.1 Å². The van der Waals surface area contributed by atoms with Crippen molar-refractivity contribution in [2.24, 2.45) is 0 Å². The van der Waals surface area contributed by atoms with Crippen molar-refractivity contribution in [3.05, 3.63) is 16.9 Å². The molecule has 0 saturated carbocycles. The van der Waals surface area contributed by atoms with Gasteiger partial charge in [-0.25, -0.2) is 14.8 Å². The molecule has 2 rings (SSSR count). The van der Waals surface area contributed by atoms with Gasteiger partial charge in [-0.2, -0.15) is 0 Å². The third kappa shape index (κ3) is 11.1. The number of anilines is 1. The summed E-state index contributed by atoms with van der Waals surface area (Å²) in [5.41, 5.74) is -0.539. The van der Waals surface area contributed by atoms with Crippen molar-refractivity contribution >= 4 is 35.6 Å². The zero-order valence-electron chi connectivity index (χ0n) is 23.3. The average molecular weight is 543 g/mol. The number of amides is 1. The molecule has 1 fully saturated rings. The molecule has 1 saturated heterocycles. The van der Waals surface area contributed by atoms with Crippen molar-refractivity contribution < 1.29 is 28.6 Å². The lowest BCUT2D eigenvalue weighted by Crippen LogP contribution is -2.46. The van der Waals surface area contributed by atoms with Gasteiger partial charge in [-0.3, -0.25) is 9.59 Å². The van der Waals surface area contributed by atoms with Crippen LogP contribution in [-0.2, 0) is 23.8 Å². The number of aromatic nitrogens is 2. The molecule has 2 heterocycles. The topological polar surface area (TPSA) is 120 Å². The minimum atomic E-state index is -1.41. The minimum absolute atomic E-state index is 0.0177. The van der Waals surface area contributed by atoms with E-state index in [2.05, 4.69) is 29.1 Å². The Morgan fingerprint density at radius 3 is 2.24 bits per heavy atom. The molecule has 210 valence electrons. The van der Waals surface area contributed by atoms with Gasteiger partial charge in [0.2, 0.25) is 5.95 Å². The lowest BCUT2D eigenvalue weighted by atomic mass is 10.00. The molecule has 1 aromatic heterocycles. The van der Waals surface area contributed by atoms with Crippen molar-refractivity contribution in [1.29, 1.82) is 0 Å². The van der Waals surface area contributed by atoms with Crippen molar-refractivity contribution in [2.75, 3.05) is 31.6 Å². The van der Waals surface area contributed by atoms with Crippen LogP contribution in [0.2, 0.25) is 5.02 Å². The van der Waals surface area contributed by atoms with Crippen LogP contribution in [0.15, 0.2) is 6.20 Å². The molecular formula is C26H43ClN4O6. The number of likely N-dealkylation sites (tertiary alicyclic amines) is 1. The maximum absolute atomic E-state index is 12.6. The van der Waals surface area contributed by atoms with Crippen LogP contribution in [-0.4, -0.2) is 70.8 Å². The first-order chi connectivity index (χ1) is 17.5. The number of carbonyl (C=O) groups is 3. The summed E-state index contributed by atoms with van der Waals surface area (Å²) < 4.78 is 15.6. The van der Waals surface area contributed by atoms with E-state index in [0.29, 0.717) is 19.5 Å². The Labute approximate surface area is 225 Å². The van der Waals surface area contributed by atoms with Crippen LogP contribution in [0.1, 0.15) is 92.2 Å². The summed E-state index contributed by atoms with van der Waals surface area (Å²) in [6, 6.07) is 0.0229. The van der Waals surface area contributed by atoms with E-state index in [0.717, 1.165) is 19.3 Å². The Hall–Kier alpha value is -2.62. The number of carbonyl (C=O) groups excluding carboxylic acids is 3. The summed E-state index contributed by atoms with van der Waals surface area (Å²) in [5.74, 6) is -2.78. The van der Waals surface area contributed by atoms with Gasteiger partial charge in [-0.1, -0.05) is 31.9 Å². The fourth-order valence-electron chi connectivity index (χ4n) is 3.65. The Kier molecular flexibility index (Phi) is 14.3. The summed E-state index contributed by atoms with van der Waals surface area (Å²) in [7, 11) is 0. The van der Waals surface area contributed by atoms with E-state index < -0.39 is 23.5 Å². The molecule has 37 heavy (non-hydrogen) atoms. The molecule has 0 bridgehead atoms. The summed E-state index contributed by atoms with van der Waals surface area (Å²) in [6.45, 7) is 14.4. The Balaban J connectivity index is 0.00000217. The fraction of sp³-hybridized carbons (Fsp3) is 0.731. The zero-order valence-corrected chi connectivity index (χ0v) is 24.0. The summed E-state index contributed by atoms with van der Waals surface area (Å²) in [4.78, 5) is 47.7. The molecule has 11 heteroatoms. The Bertz CT molecular complexity index is 859. The monoisotopic (exact) mass is 542 g/mol. The van der Waals surface area contributed by atoms with Crippen LogP contribution in [0.25, 0.3) is 0 Å². The van der Waals surface area contributed by atoms with Gasteiger partial charge in [0.15, 0.2) is 5.92 Å². The molecule has 0 spiro atoms. The van der Waals surface area contributed by atoms with Crippen LogP contribution in [0.5, 0.6) is 0 Å². The number of halogens is 1. The first kappa shape index (κ1) is 32.4. The molecule has 1 N–H and O–H groups in total. The normalized spacial score (nSPS) is 15.4. The van der Waals surface area contributed by atoms with Gasteiger partial charge < -0.3 is 24.4 Å². The lowest BCUT2D eigenvalue weighted by molar-refractivity contribution is -0.157. The van der Waals surface area contributed by atoms with Gasteiger partial charge in [0.25, 0.3) is 0 Å². The molecular weight excluding hydrogens is 500 g/mol. The SMILES string of the molecule is CCC.CCOC(=O)C(C(=O)OCC)c1nc(NCCC2CCCCN2C(=O)OC(C)(C)C)ncc1Cl. The molecule has 0 radical (unpaired) electrons. The molecule has 0 aromatic carbocycles. The van der Waals surface area contributed by atoms with Gasteiger partial charge >= 0.3 is 18.0 Å². The standard InChI is InChI=1S/C23H35ClN4O6.C3H8/c1-6-32-19(29)17(20(30)33-7-2)18-16(24)14-26-21(27-18)25-12-11-15-10-8-9-13-28(15)22(31)34-23(3,4)5;1-3-2/h14-15,17H,6-13H2,1-5H3,(H,25,26,27);3H2,1-2H3. The number of nitrogens with one attached hydrogen (secondary N) is 1. The second kappa shape index (κ2) is 16.3. The van der Waals surface area contributed by atoms with Crippen molar-refractivity contribution in [3.8, 4) is 0 Å². The predicted molar refractivity (Wildman–Crippen MR) is 143 cm³/mol. The van der Waals surface area contributed by atoms with Gasteiger partial charge in [-0.05, 0) is 60.3 Å². The Morgan fingerprint density at radius 2 is 1.70 bits per heavy atom. The second-order valence-electron chi connectivity index (χ2n) is 9.61. The van der Waals surface area contributed by atoms with Crippen molar-refractivity contribution in [3.63, 3.8) is 0 Å². The quantitative estimate of drug-likeness (QED) is 0.250. The molecule has 10 nitrogen and oxygen atoms in total. The number of hydrogen-bond donors (Lipinski definition) is 1. The third-order valence-electron chi connectivity index (χ3n) is 5.11. The second-order valence-corrected chi connectivity index (χ2v) is 10.0. The molecule has 1 aliphatic rings. The maximum Gasteiger partial charge on any atom is 0.410 e. The van der Waals surface area contributed by atoms with Gasteiger partial charge in [-0.15, -0.1) is 0 Å². The summed E-state index contributed by atoms with van der Waals surface area (Å²) >= 11 is 6.22. The summed E-state index contributed by atoms with van der Waals surface area (Å²) in [6.07, 6.45) is 5.77. The number of hydrogen-bond acceptors (Lipinski definition) is 9. The molecule has 1 unspecified atom stereocenters. The van der Waals surface area contributed by atoms with Crippen LogP contribution in [0, 0.1) is 0 Å². The van der Waals surface area contributed by atoms with E-state index >= 15 is 0 Å². The van der Waals surface area contributed by atoms with E-state index in [1.807, 2.05) is 20.8 Å². The molecule has 0 aliphatic carbocycles. The highest BCUT2D eigenvalue weighted by Crippen LogP contribution is 2.27. The fourth-order valence-corrected chi connectivity index (χ4v) is 3.85. The van der Waals surface area contributed by atoms with Crippen LogP contribution in [0.3, 0.4) is 0 Å². The molecule has 1 atom stereocenters. The average Bonchev–Trinajstić information content (AvgIpc) is 2.81. The van der Waals surface area contributed by atoms with E-state index in [-0.39, 0.29) is 42.0 Å². The highest BCUT2D eigenvalue weighted by atomic mass is 35.5. The van der Waals surface area contributed by atoms with Crippen LogP contribution in [0.4, 0.5) is 10.7 Å². The predicted octanol–water partition coefficient (Wildman–Crippen LogP) is 5.35. The van der Waals surface area contributed by atoms with Crippen LogP contribution < -0.4 is 5.32 Å². The Morgan fingerprint density at radius 1 is 1.11 bits per heavy atom. The maximum atomic E-state index is 12.6. The number of ether oxygens (including phenoxy) is 3. The summed E-state index contributed by atoms with van der Waals surface area (Å²) in [5, 5.41) is 3.16. The first-order valence-corrected chi connectivity index (χ1v) is 13.5. The van der Waals surface area contributed by atoms with Crippen LogP contribution >= 0.6 is 11.6 Å². The van der Waals surface area contributed by atoms with Crippen molar-refractivity contribution in [2.45, 2.75) is 98.1 Å². The van der Waals surface area contributed by atoms with Gasteiger partial charge in [0, 0.05) is 19.1 Å². The highest BCUT2D eigenvalue weighted by molar-refractivity contribution is 6.31. The number of piperidine rings is 1. The van der Waals surface area contributed by atoms with Crippen molar-refractivity contribution in [1.82, 2.24) is 14.9 Å². The zero-order chi connectivity index (χ0) is 28.0. The van der Waals surface area contributed by atoms with E-state index in [4.69, 9.17) is 25.8 Å². The first-order valence-electron chi connectivity index (χ1n) is 13.1. The van der Waals surface area contributed by atoms with E-state index in [9.17, 15) is 14.4 Å². The minimum Gasteiger partial charge on any atom is -0.465 e. The number of nitrogens with zero attached hydrogens (tertiary/aromatic N) is 3. The third-order valence-corrected chi connectivity index (χ3v) is 5.40. The van der Waals surface area contributed by atoms with E-state index in [1.54, 1.807) is 18.7 Å². The molecule has 1 aliphatic heterocycles. The lowest BCUT2D eigenvalue weighted by Gasteiger charge is -2.36. The number of esters is 2.